The van der Waals surface area contributed by atoms with Gasteiger partial charge in [-0.1, -0.05) is 46.3 Å². The van der Waals surface area contributed by atoms with E-state index in [0.717, 1.165) is 12.8 Å². The lowest BCUT2D eigenvalue weighted by Crippen LogP contribution is -2.35. The summed E-state index contributed by atoms with van der Waals surface area (Å²) in [5.74, 6) is 0.103. The Kier molecular flexibility index (Phi) is 8.01. The van der Waals surface area contributed by atoms with Crippen molar-refractivity contribution >= 4 is 12.1 Å². The molecule has 1 amide bonds. The second-order valence-electron chi connectivity index (χ2n) is 4.96. The van der Waals surface area contributed by atoms with Gasteiger partial charge in [-0.3, -0.25) is 9.79 Å². The number of carbonyl (C=O) groups excluding carboxylic acids is 1. The van der Waals surface area contributed by atoms with Gasteiger partial charge in [0.2, 0.25) is 5.91 Å². The Bertz CT molecular complexity index is 333. The van der Waals surface area contributed by atoms with Crippen LogP contribution < -0.4 is 5.32 Å². The van der Waals surface area contributed by atoms with Crippen LogP contribution in [0.15, 0.2) is 28.9 Å². The Morgan fingerprint density at radius 1 is 1.39 bits per heavy atom. The van der Waals surface area contributed by atoms with Crippen molar-refractivity contribution in [3.63, 3.8) is 0 Å². The third-order valence-electron chi connectivity index (χ3n) is 2.38. The highest BCUT2D eigenvalue weighted by Crippen LogP contribution is 2.13. The van der Waals surface area contributed by atoms with Crippen LogP contribution in [-0.4, -0.2) is 18.7 Å². The van der Waals surface area contributed by atoms with Gasteiger partial charge in [-0.15, -0.1) is 0 Å². The maximum Gasteiger partial charge on any atom is 0.225 e. The summed E-state index contributed by atoms with van der Waals surface area (Å²) >= 11 is 0. The van der Waals surface area contributed by atoms with Crippen molar-refractivity contribution in [2.45, 2.75) is 47.5 Å². The van der Waals surface area contributed by atoms with Crippen molar-refractivity contribution in [3.05, 3.63) is 23.9 Å². The molecule has 0 aromatic heterocycles. The molecule has 3 heteroatoms. The summed E-state index contributed by atoms with van der Waals surface area (Å²) < 4.78 is 0. The number of rotatable bonds is 3. The maximum atomic E-state index is 11.6. The van der Waals surface area contributed by atoms with E-state index in [9.17, 15) is 4.79 Å². The average Bonchev–Trinajstić information content (AvgIpc) is 2.59. The van der Waals surface area contributed by atoms with Gasteiger partial charge in [-0.25, -0.2) is 0 Å². The van der Waals surface area contributed by atoms with Crippen LogP contribution in [0.3, 0.4) is 0 Å². The van der Waals surface area contributed by atoms with Crippen LogP contribution in [0.25, 0.3) is 0 Å². The van der Waals surface area contributed by atoms with Crippen molar-refractivity contribution < 1.29 is 4.79 Å². The summed E-state index contributed by atoms with van der Waals surface area (Å²) in [4.78, 5) is 15.7. The zero-order chi connectivity index (χ0) is 14.0. The molecule has 0 saturated heterocycles. The molecule has 0 saturated carbocycles. The molecule has 1 aliphatic rings. The molecule has 1 N–H and O–H groups in total. The molecule has 0 fully saturated rings. The summed E-state index contributed by atoms with van der Waals surface area (Å²) in [5.41, 5.74) is 0.992. The Morgan fingerprint density at radius 3 is 2.67 bits per heavy atom. The monoisotopic (exact) mass is 250 g/mol. The molecule has 18 heavy (non-hydrogen) atoms. The smallest absolute Gasteiger partial charge is 0.225 e. The highest BCUT2D eigenvalue weighted by Gasteiger charge is 2.20. The van der Waals surface area contributed by atoms with E-state index in [1.807, 2.05) is 46.9 Å². The average molecular weight is 250 g/mol. The van der Waals surface area contributed by atoms with Crippen LogP contribution in [0, 0.1) is 5.41 Å². The second kappa shape index (κ2) is 8.67. The van der Waals surface area contributed by atoms with Crippen LogP contribution in [0.1, 0.15) is 47.5 Å². The lowest BCUT2D eigenvalue weighted by Gasteiger charge is -2.17. The fraction of sp³-hybridized carbons (Fsp3) is 0.600. The van der Waals surface area contributed by atoms with Crippen molar-refractivity contribution in [2.75, 3.05) is 6.54 Å². The van der Waals surface area contributed by atoms with E-state index in [4.69, 9.17) is 0 Å². The third-order valence-corrected chi connectivity index (χ3v) is 2.38. The highest BCUT2D eigenvalue weighted by atomic mass is 16.2. The normalized spacial score (nSPS) is 14.2. The SMILES string of the molecule is CC.CC(C)(C)C(=O)NCCC1=CC=CN=CC1. The zero-order valence-electron chi connectivity index (χ0n) is 12.3. The van der Waals surface area contributed by atoms with E-state index in [-0.39, 0.29) is 11.3 Å². The van der Waals surface area contributed by atoms with Gasteiger partial charge < -0.3 is 5.32 Å². The first-order valence-electron chi connectivity index (χ1n) is 6.64. The van der Waals surface area contributed by atoms with E-state index >= 15 is 0 Å². The molecule has 3 nitrogen and oxygen atoms in total. The van der Waals surface area contributed by atoms with E-state index < -0.39 is 0 Å². The van der Waals surface area contributed by atoms with E-state index in [1.54, 1.807) is 6.20 Å². The molecule has 102 valence electrons. The van der Waals surface area contributed by atoms with Crippen LogP contribution in [-0.2, 0) is 4.79 Å². The molecule has 0 aromatic carbocycles. The minimum atomic E-state index is -0.306. The number of allylic oxidation sites excluding steroid dienone is 2. The van der Waals surface area contributed by atoms with Crippen LogP contribution >= 0.6 is 0 Å². The van der Waals surface area contributed by atoms with Gasteiger partial charge in [0.1, 0.15) is 0 Å². The summed E-state index contributed by atoms with van der Waals surface area (Å²) in [5, 5.41) is 2.94. The summed E-state index contributed by atoms with van der Waals surface area (Å²) in [7, 11) is 0. The summed E-state index contributed by atoms with van der Waals surface area (Å²) in [6, 6.07) is 0. The minimum absolute atomic E-state index is 0.103. The molecule has 0 unspecified atom stereocenters. The highest BCUT2D eigenvalue weighted by molar-refractivity contribution is 5.81. The largest absolute Gasteiger partial charge is 0.355 e. The quantitative estimate of drug-likeness (QED) is 0.818. The fourth-order valence-electron chi connectivity index (χ4n) is 1.31. The van der Waals surface area contributed by atoms with Crippen LogP contribution in [0.4, 0.5) is 0 Å². The molecular weight excluding hydrogens is 224 g/mol. The summed E-state index contributed by atoms with van der Waals surface area (Å²) in [6.45, 7) is 10.5. The molecule has 1 aliphatic heterocycles. The standard InChI is InChI=1S/C13H20N2O.C2H6/c1-13(2,3)12(16)15-10-7-11-5-4-8-14-9-6-11;1-2/h4-5,8-9H,6-7,10H2,1-3H3,(H,15,16);1-2H3. The Labute approximate surface area is 111 Å². The van der Waals surface area contributed by atoms with Crippen molar-refractivity contribution in [1.29, 1.82) is 0 Å². The fourth-order valence-corrected chi connectivity index (χ4v) is 1.31. The van der Waals surface area contributed by atoms with Crippen LogP contribution in [0.5, 0.6) is 0 Å². The number of hydrogen-bond acceptors (Lipinski definition) is 2. The molecule has 1 rings (SSSR count). The topological polar surface area (TPSA) is 41.5 Å². The van der Waals surface area contributed by atoms with Gasteiger partial charge in [-0.05, 0) is 12.5 Å². The number of hydrogen-bond donors (Lipinski definition) is 1. The number of amides is 1. The third kappa shape index (κ3) is 7.05. The number of aliphatic imine (C=N–C) groups is 1. The van der Waals surface area contributed by atoms with Crippen molar-refractivity contribution in [1.82, 2.24) is 5.32 Å². The predicted molar refractivity (Wildman–Crippen MR) is 78.8 cm³/mol. The molecule has 0 spiro atoms. The Hall–Kier alpha value is -1.38. The zero-order valence-corrected chi connectivity index (χ0v) is 12.3. The molecule has 0 bridgehead atoms. The molecular formula is C15H26N2O. The number of carbonyl (C=O) groups is 1. The first-order valence-corrected chi connectivity index (χ1v) is 6.64. The summed E-state index contributed by atoms with van der Waals surface area (Å²) in [6.07, 6.45) is 9.43. The van der Waals surface area contributed by atoms with Crippen LogP contribution in [0.2, 0.25) is 0 Å². The van der Waals surface area contributed by atoms with Gasteiger partial charge in [0.15, 0.2) is 0 Å². The molecule has 0 atom stereocenters. The minimum Gasteiger partial charge on any atom is -0.355 e. The first kappa shape index (κ1) is 16.6. The Morgan fingerprint density at radius 2 is 2.06 bits per heavy atom. The van der Waals surface area contributed by atoms with E-state index in [0.29, 0.717) is 6.54 Å². The van der Waals surface area contributed by atoms with E-state index in [2.05, 4.69) is 16.4 Å². The molecule has 0 radical (unpaired) electrons. The van der Waals surface area contributed by atoms with Gasteiger partial charge in [0, 0.05) is 30.8 Å². The van der Waals surface area contributed by atoms with Gasteiger partial charge in [0.05, 0.1) is 0 Å². The van der Waals surface area contributed by atoms with E-state index in [1.165, 1.54) is 5.57 Å². The molecule has 1 heterocycles. The van der Waals surface area contributed by atoms with Gasteiger partial charge >= 0.3 is 0 Å². The lowest BCUT2D eigenvalue weighted by molar-refractivity contribution is -0.128. The second-order valence-corrected chi connectivity index (χ2v) is 4.96. The predicted octanol–water partition coefficient (Wildman–Crippen LogP) is 3.48. The lowest BCUT2D eigenvalue weighted by atomic mass is 9.95. The van der Waals surface area contributed by atoms with Crippen molar-refractivity contribution in [3.8, 4) is 0 Å². The molecule has 0 aliphatic carbocycles. The Balaban J connectivity index is 0.00000137. The van der Waals surface area contributed by atoms with Gasteiger partial charge in [0.25, 0.3) is 0 Å². The maximum absolute atomic E-state index is 11.6. The number of nitrogens with zero attached hydrogens (tertiary/aromatic N) is 1. The molecule has 0 aromatic rings. The van der Waals surface area contributed by atoms with Crippen molar-refractivity contribution in [2.24, 2.45) is 10.4 Å². The van der Waals surface area contributed by atoms with Gasteiger partial charge in [-0.2, -0.15) is 0 Å². The first-order chi connectivity index (χ1) is 8.50. The number of nitrogens with one attached hydrogen (secondary N) is 1.